The molecule has 1 amide bonds. The van der Waals surface area contributed by atoms with Crippen LogP contribution in [0.15, 0.2) is 59.7 Å². The van der Waals surface area contributed by atoms with Gasteiger partial charge in [-0.3, -0.25) is 9.78 Å². The standard InChI is InChI=1S/C20H17N7O2/c28-18-14-11-23-19(27-15-7-4-8-21-16(15)24-20(27)29)25-17(14)26(10-9-22-18)12-13-5-2-1-3-6-13/h1-8,11H,9-10,12H2,(H,22,28)(H,21,24,29). The second-order valence-electron chi connectivity index (χ2n) is 6.71. The number of nitrogens with zero attached hydrogens (tertiary/aromatic N) is 5. The number of amides is 1. The van der Waals surface area contributed by atoms with Gasteiger partial charge in [0.25, 0.3) is 5.91 Å². The fraction of sp³-hybridized carbons (Fsp3) is 0.150. The second kappa shape index (κ2) is 6.86. The topological polar surface area (TPSA) is 109 Å². The lowest BCUT2D eigenvalue weighted by atomic mass is 10.2. The number of carbonyl (C=O) groups excluding carboxylic acids is 1. The molecule has 0 spiro atoms. The molecule has 9 heteroatoms. The van der Waals surface area contributed by atoms with Crippen LogP contribution in [0.2, 0.25) is 0 Å². The highest BCUT2D eigenvalue weighted by Crippen LogP contribution is 2.23. The molecule has 1 aliphatic rings. The number of imidazole rings is 1. The zero-order chi connectivity index (χ0) is 19.8. The van der Waals surface area contributed by atoms with Crippen molar-refractivity contribution in [1.29, 1.82) is 0 Å². The summed E-state index contributed by atoms with van der Waals surface area (Å²) in [5.41, 5.74) is 2.13. The van der Waals surface area contributed by atoms with Crippen LogP contribution < -0.4 is 15.9 Å². The first-order chi connectivity index (χ1) is 14.2. The van der Waals surface area contributed by atoms with E-state index in [1.807, 2.05) is 35.2 Å². The van der Waals surface area contributed by atoms with Crippen LogP contribution in [0.1, 0.15) is 15.9 Å². The maximum atomic E-state index is 12.5. The van der Waals surface area contributed by atoms with Gasteiger partial charge in [-0.1, -0.05) is 30.3 Å². The van der Waals surface area contributed by atoms with E-state index >= 15 is 0 Å². The molecule has 0 fully saturated rings. The number of hydrogen-bond acceptors (Lipinski definition) is 6. The third-order valence-corrected chi connectivity index (χ3v) is 4.84. The summed E-state index contributed by atoms with van der Waals surface area (Å²) in [5.74, 6) is 0.467. The number of benzene rings is 1. The fourth-order valence-electron chi connectivity index (χ4n) is 3.47. The van der Waals surface area contributed by atoms with Crippen LogP contribution in [0.4, 0.5) is 5.82 Å². The zero-order valence-electron chi connectivity index (χ0n) is 15.4. The molecule has 4 heterocycles. The molecule has 0 radical (unpaired) electrons. The van der Waals surface area contributed by atoms with Crippen LogP contribution in [0.25, 0.3) is 17.1 Å². The van der Waals surface area contributed by atoms with Gasteiger partial charge in [0.15, 0.2) is 5.65 Å². The van der Waals surface area contributed by atoms with Crippen molar-refractivity contribution >= 4 is 22.9 Å². The number of aromatic amines is 1. The first kappa shape index (κ1) is 17.1. The first-order valence-electron chi connectivity index (χ1n) is 9.21. The van der Waals surface area contributed by atoms with E-state index in [0.29, 0.717) is 42.2 Å². The molecule has 4 aromatic rings. The number of hydrogen-bond donors (Lipinski definition) is 2. The number of pyridine rings is 1. The maximum Gasteiger partial charge on any atom is 0.334 e. The Labute approximate surface area is 165 Å². The molecule has 1 aromatic carbocycles. The summed E-state index contributed by atoms with van der Waals surface area (Å²) in [5, 5.41) is 2.87. The van der Waals surface area contributed by atoms with E-state index in [1.54, 1.807) is 18.3 Å². The van der Waals surface area contributed by atoms with E-state index in [9.17, 15) is 9.59 Å². The van der Waals surface area contributed by atoms with Crippen molar-refractivity contribution in [3.63, 3.8) is 0 Å². The van der Waals surface area contributed by atoms with Crippen LogP contribution in [0, 0.1) is 0 Å². The van der Waals surface area contributed by atoms with Crippen LogP contribution >= 0.6 is 0 Å². The predicted molar refractivity (Wildman–Crippen MR) is 107 cm³/mol. The van der Waals surface area contributed by atoms with Gasteiger partial charge in [-0.2, -0.15) is 4.98 Å². The highest BCUT2D eigenvalue weighted by molar-refractivity contribution is 5.99. The van der Waals surface area contributed by atoms with E-state index in [0.717, 1.165) is 5.56 Å². The normalized spacial score (nSPS) is 13.8. The van der Waals surface area contributed by atoms with E-state index in [-0.39, 0.29) is 17.5 Å². The minimum atomic E-state index is -0.383. The van der Waals surface area contributed by atoms with Gasteiger partial charge in [-0.05, 0) is 17.7 Å². The van der Waals surface area contributed by atoms with Crippen molar-refractivity contribution in [2.75, 3.05) is 18.0 Å². The van der Waals surface area contributed by atoms with Crippen molar-refractivity contribution < 1.29 is 4.79 Å². The van der Waals surface area contributed by atoms with Crippen molar-refractivity contribution in [3.8, 4) is 5.95 Å². The molecule has 2 N–H and O–H groups in total. The summed E-state index contributed by atoms with van der Waals surface area (Å²) in [7, 11) is 0. The molecule has 144 valence electrons. The molecule has 9 nitrogen and oxygen atoms in total. The minimum Gasteiger partial charge on any atom is -0.350 e. The SMILES string of the molecule is O=C1NCCN(Cc2ccccc2)c2nc(-n3c(=O)[nH]c4ncccc43)ncc21. The van der Waals surface area contributed by atoms with Gasteiger partial charge < -0.3 is 10.2 Å². The third kappa shape index (κ3) is 3.02. The molecule has 0 aliphatic carbocycles. The first-order valence-corrected chi connectivity index (χ1v) is 9.21. The van der Waals surface area contributed by atoms with Gasteiger partial charge >= 0.3 is 5.69 Å². The average Bonchev–Trinajstić information content (AvgIpc) is 3.00. The van der Waals surface area contributed by atoms with Crippen LogP contribution in [-0.2, 0) is 6.54 Å². The van der Waals surface area contributed by atoms with Gasteiger partial charge in [0.2, 0.25) is 5.95 Å². The van der Waals surface area contributed by atoms with Gasteiger partial charge in [-0.15, -0.1) is 0 Å². The number of aromatic nitrogens is 5. The predicted octanol–water partition coefficient (Wildman–Crippen LogP) is 1.25. The van der Waals surface area contributed by atoms with Crippen molar-refractivity contribution in [2.45, 2.75) is 6.54 Å². The molecule has 0 unspecified atom stereocenters. The molecule has 0 atom stereocenters. The summed E-state index contributed by atoms with van der Waals surface area (Å²) in [6, 6.07) is 13.5. The molecule has 1 aliphatic heterocycles. The Morgan fingerprint density at radius 3 is 2.76 bits per heavy atom. The van der Waals surface area contributed by atoms with Gasteiger partial charge in [0.05, 0.1) is 5.52 Å². The summed E-state index contributed by atoms with van der Waals surface area (Å²) >= 11 is 0. The quantitative estimate of drug-likeness (QED) is 0.548. The highest BCUT2D eigenvalue weighted by Gasteiger charge is 2.24. The van der Waals surface area contributed by atoms with Gasteiger partial charge in [0, 0.05) is 32.0 Å². The fourth-order valence-corrected chi connectivity index (χ4v) is 3.47. The maximum absolute atomic E-state index is 12.5. The van der Waals surface area contributed by atoms with E-state index in [2.05, 4.69) is 25.3 Å². The number of anilines is 1. The van der Waals surface area contributed by atoms with Crippen molar-refractivity contribution in [1.82, 2.24) is 29.8 Å². The van der Waals surface area contributed by atoms with Gasteiger partial charge in [0.1, 0.15) is 11.4 Å². The number of rotatable bonds is 3. The molecule has 0 bridgehead atoms. The van der Waals surface area contributed by atoms with E-state index in [4.69, 9.17) is 0 Å². The van der Waals surface area contributed by atoms with Crippen LogP contribution in [0.5, 0.6) is 0 Å². The molecule has 29 heavy (non-hydrogen) atoms. The zero-order valence-corrected chi connectivity index (χ0v) is 15.4. The lowest BCUT2D eigenvalue weighted by molar-refractivity contribution is 0.0957. The second-order valence-corrected chi connectivity index (χ2v) is 6.71. The Balaban J connectivity index is 1.64. The minimum absolute atomic E-state index is 0.195. The van der Waals surface area contributed by atoms with Crippen molar-refractivity contribution in [3.05, 3.63) is 76.5 Å². The number of nitrogens with one attached hydrogen (secondary N) is 2. The Morgan fingerprint density at radius 1 is 1.03 bits per heavy atom. The Hall–Kier alpha value is -4.01. The molecule has 0 saturated carbocycles. The molecule has 0 saturated heterocycles. The monoisotopic (exact) mass is 387 g/mol. The lowest BCUT2D eigenvalue weighted by Crippen LogP contribution is -2.30. The average molecular weight is 387 g/mol. The Kier molecular flexibility index (Phi) is 4.05. The number of fused-ring (bicyclic) bond motifs is 2. The summed E-state index contributed by atoms with van der Waals surface area (Å²) in [6.07, 6.45) is 3.07. The smallest absolute Gasteiger partial charge is 0.334 e. The summed E-state index contributed by atoms with van der Waals surface area (Å²) in [6.45, 7) is 1.67. The van der Waals surface area contributed by atoms with Crippen LogP contribution in [0.3, 0.4) is 0 Å². The highest BCUT2D eigenvalue weighted by atomic mass is 16.2. The third-order valence-electron chi connectivity index (χ3n) is 4.84. The van der Waals surface area contributed by atoms with E-state index < -0.39 is 0 Å². The molecule has 5 rings (SSSR count). The van der Waals surface area contributed by atoms with E-state index in [1.165, 1.54) is 10.8 Å². The largest absolute Gasteiger partial charge is 0.350 e. The lowest BCUT2D eigenvalue weighted by Gasteiger charge is -2.23. The number of H-pyrrole nitrogens is 1. The van der Waals surface area contributed by atoms with Crippen molar-refractivity contribution in [2.24, 2.45) is 0 Å². The Morgan fingerprint density at radius 2 is 1.90 bits per heavy atom. The molecular weight excluding hydrogens is 370 g/mol. The molecular formula is C20H17N7O2. The molecule has 3 aromatic heterocycles. The number of carbonyl (C=O) groups is 1. The Bertz CT molecular complexity index is 1260. The van der Waals surface area contributed by atoms with Gasteiger partial charge in [-0.25, -0.2) is 19.3 Å². The summed E-state index contributed by atoms with van der Waals surface area (Å²) in [4.78, 5) is 42.8. The summed E-state index contributed by atoms with van der Waals surface area (Å²) < 4.78 is 1.37. The van der Waals surface area contributed by atoms with Crippen LogP contribution in [-0.4, -0.2) is 43.5 Å².